The first-order valence-corrected chi connectivity index (χ1v) is 7.47. The minimum Gasteiger partial charge on any atom is -0.314 e. The van der Waals surface area contributed by atoms with E-state index in [1.54, 1.807) is 12.1 Å². The van der Waals surface area contributed by atoms with Crippen molar-refractivity contribution in [2.24, 2.45) is 5.41 Å². The molecule has 0 unspecified atom stereocenters. The Labute approximate surface area is 121 Å². The molecule has 0 atom stereocenters. The van der Waals surface area contributed by atoms with Gasteiger partial charge in [0.15, 0.2) is 0 Å². The van der Waals surface area contributed by atoms with Crippen molar-refractivity contribution in [2.45, 2.75) is 53.0 Å². The van der Waals surface area contributed by atoms with Crippen LogP contribution in [0.25, 0.3) is 0 Å². The fraction of sp³-hybridized carbons (Fsp3) is 0.625. The van der Waals surface area contributed by atoms with Crippen molar-refractivity contribution in [3.63, 3.8) is 0 Å². The smallest absolute Gasteiger partial charge is 0.126 e. The van der Waals surface area contributed by atoms with Crippen LogP contribution in [0.1, 0.15) is 46.1 Å². The largest absolute Gasteiger partial charge is 0.314 e. The van der Waals surface area contributed by atoms with Gasteiger partial charge in [-0.1, -0.05) is 39.3 Å². The summed E-state index contributed by atoms with van der Waals surface area (Å²) in [6.07, 6.45) is 2.77. The lowest BCUT2D eigenvalue weighted by Crippen LogP contribution is -2.38. The summed E-state index contributed by atoms with van der Waals surface area (Å²) in [6, 6.07) is 5.27. The van der Waals surface area contributed by atoms with Gasteiger partial charge in [-0.2, -0.15) is 0 Å². The second-order valence-corrected chi connectivity index (χ2v) is 6.09. The van der Waals surface area contributed by atoms with Crippen LogP contribution in [-0.2, 0) is 6.42 Å². The third-order valence-electron chi connectivity index (χ3n) is 3.96. The highest BCUT2D eigenvalue weighted by Crippen LogP contribution is 2.32. The molecule has 3 heteroatoms. The molecule has 0 amide bonds. The van der Waals surface area contributed by atoms with Crippen LogP contribution in [-0.4, -0.2) is 12.6 Å². The van der Waals surface area contributed by atoms with E-state index in [0.29, 0.717) is 11.1 Å². The van der Waals surface area contributed by atoms with Crippen LogP contribution >= 0.6 is 11.6 Å². The van der Waals surface area contributed by atoms with Crippen LogP contribution < -0.4 is 5.32 Å². The van der Waals surface area contributed by atoms with Crippen molar-refractivity contribution in [1.29, 1.82) is 0 Å². The normalized spacial score (nSPS) is 12.2. The average Bonchev–Trinajstić information content (AvgIpc) is 2.38. The quantitative estimate of drug-likeness (QED) is 0.757. The van der Waals surface area contributed by atoms with E-state index in [1.165, 1.54) is 6.07 Å². The summed E-state index contributed by atoms with van der Waals surface area (Å²) in [5, 5.41) is 4.09. The Balaban J connectivity index is 2.90. The SMILES string of the molecule is CCC(CC)(CNC(C)C)Cc1cc(Cl)ccc1F. The van der Waals surface area contributed by atoms with Gasteiger partial charge >= 0.3 is 0 Å². The van der Waals surface area contributed by atoms with Crippen LogP contribution in [0.4, 0.5) is 4.39 Å². The number of halogens is 2. The molecule has 1 N–H and O–H groups in total. The molecule has 0 saturated carbocycles. The van der Waals surface area contributed by atoms with Gasteiger partial charge in [-0.25, -0.2) is 4.39 Å². The molecule has 0 radical (unpaired) electrons. The molecule has 108 valence electrons. The van der Waals surface area contributed by atoms with Crippen LogP contribution in [0.15, 0.2) is 18.2 Å². The number of hydrogen-bond donors (Lipinski definition) is 1. The van der Waals surface area contributed by atoms with E-state index >= 15 is 0 Å². The molecular weight excluding hydrogens is 261 g/mol. The fourth-order valence-electron chi connectivity index (χ4n) is 2.32. The van der Waals surface area contributed by atoms with E-state index in [4.69, 9.17) is 11.6 Å². The second kappa shape index (κ2) is 7.25. The van der Waals surface area contributed by atoms with Gasteiger partial charge in [-0.05, 0) is 48.4 Å². The average molecular weight is 286 g/mol. The summed E-state index contributed by atoms with van der Waals surface area (Å²) in [4.78, 5) is 0. The molecule has 0 aromatic heterocycles. The highest BCUT2D eigenvalue weighted by molar-refractivity contribution is 6.30. The second-order valence-electron chi connectivity index (χ2n) is 5.66. The van der Waals surface area contributed by atoms with Crippen LogP contribution in [0.3, 0.4) is 0 Å². The lowest BCUT2D eigenvalue weighted by molar-refractivity contribution is 0.237. The summed E-state index contributed by atoms with van der Waals surface area (Å²) in [5.74, 6) is -0.153. The molecule has 1 aromatic carbocycles. The zero-order chi connectivity index (χ0) is 14.5. The molecule has 0 aliphatic heterocycles. The first-order valence-electron chi connectivity index (χ1n) is 7.09. The maximum atomic E-state index is 13.9. The molecule has 0 aliphatic rings. The van der Waals surface area contributed by atoms with Gasteiger partial charge in [0.1, 0.15) is 5.82 Å². The molecule has 0 bridgehead atoms. The molecular formula is C16H25ClFN. The standard InChI is InChI=1S/C16H25ClFN/c1-5-16(6-2,11-19-12(3)4)10-13-9-14(17)7-8-15(13)18/h7-9,12,19H,5-6,10-11H2,1-4H3. The van der Waals surface area contributed by atoms with Gasteiger partial charge in [0.2, 0.25) is 0 Å². The molecule has 0 aliphatic carbocycles. The Bertz CT molecular complexity index is 400. The molecule has 0 spiro atoms. The first-order chi connectivity index (χ1) is 8.92. The zero-order valence-corrected chi connectivity index (χ0v) is 13.1. The van der Waals surface area contributed by atoms with Gasteiger partial charge in [0.25, 0.3) is 0 Å². The van der Waals surface area contributed by atoms with Crippen LogP contribution in [0.5, 0.6) is 0 Å². The van der Waals surface area contributed by atoms with Gasteiger partial charge in [0.05, 0.1) is 0 Å². The lowest BCUT2D eigenvalue weighted by atomic mass is 9.76. The van der Waals surface area contributed by atoms with Gasteiger partial charge < -0.3 is 5.32 Å². The minimum absolute atomic E-state index is 0.0930. The summed E-state index contributed by atoms with van der Waals surface area (Å²) >= 11 is 5.98. The van der Waals surface area contributed by atoms with Crippen LogP contribution in [0, 0.1) is 11.2 Å². The van der Waals surface area contributed by atoms with E-state index < -0.39 is 0 Å². The van der Waals surface area contributed by atoms with Crippen molar-refractivity contribution >= 4 is 11.6 Å². The Morgan fingerprint density at radius 3 is 2.42 bits per heavy atom. The van der Waals surface area contributed by atoms with Gasteiger partial charge in [-0.15, -0.1) is 0 Å². The number of nitrogens with one attached hydrogen (secondary N) is 1. The van der Waals surface area contributed by atoms with Crippen molar-refractivity contribution in [2.75, 3.05) is 6.54 Å². The summed E-state index contributed by atoms with van der Waals surface area (Å²) in [7, 11) is 0. The zero-order valence-electron chi connectivity index (χ0n) is 12.4. The Morgan fingerprint density at radius 1 is 1.26 bits per heavy atom. The Hall–Kier alpha value is -0.600. The minimum atomic E-state index is -0.153. The van der Waals surface area contributed by atoms with E-state index in [-0.39, 0.29) is 11.2 Å². The highest BCUT2D eigenvalue weighted by Gasteiger charge is 2.27. The molecule has 1 nitrogen and oxygen atoms in total. The summed E-state index contributed by atoms with van der Waals surface area (Å²) in [6.45, 7) is 9.53. The topological polar surface area (TPSA) is 12.0 Å². The van der Waals surface area contributed by atoms with E-state index in [2.05, 4.69) is 33.0 Å². The number of benzene rings is 1. The summed E-state index contributed by atoms with van der Waals surface area (Å²) in [5.41, 5.74) is 0.817. The van der Waals surface area contributed by atoms with Gasteiger partial charge in [-0.3, -0.25) is 0 Å². The maximum Gasteiger partial charge on any atom is 0.126 e. The van der Waals surface area contributed by atoms with E-state index in [0.717, 1.165) is 31.4 Å². The van der Waals surface area contributed by atoms with Crippen LogP contribution in [0.2, 0.25) is 5.02 Å². The Kier molecular flexibility index (Phi) is 6.28. The summed E-state index contributed by atoms with van der Waals surface area (Å²) < 4.78 is 13.9. The highest BCUT2D eigenvalue weighted by atomic mass is 35.5. The molecule has 0 heterocycles. The lowest BCUT2D eigenvalue weighted by Gasteiger charge is -2.33. The predicted molar refractivity (Wildman–Crippen MR) is 81.3 cm³/mol. The van der Waals surface area contributed by atoms with Gasteiger partial charge in [0, 0.05) is 17.6 Å². The third-order valence-corrected chi connectivity index (χ3v) is 4.19. The molecule has 1 rings (SSSR count). The van der Waals surface area contributed by atoms with E-state index in [1.807, 2.05) is 0 Å². The van der Waals surface area contributed by atoms with Crippen molar-refractivity contribution in [3.05, 3.63) is 34.6 Å². The van der Waals surface area contributed by atoms with Crippen molar-refractivity contribution in [1.82, 2.24) is 5.32 Å². The van der Waals surface area contributed by atoms with E-state index in [9.17, 15) is 4.39 Å². The molecule has 0 fully saturated rings. The fourth-order valence-corrected chi connectivity index (χ4v) is 2.51. The molecule has 19 heavy (non-hydrogen) atoms. The van der Waals surface area contributed by atoms with Crippen molar-refractivity contribution in [3.8, 4) is 0 Å². The number of hydrogen-bond acceptors (Lipinski definition) is 1. The monoisotopic (exact) mass is 285 g/mol. The number of rotatable bonds is 7. The predicted octanol–water partition coefficient (Wildman–Crippen LogP) is 4.83. The van der Waals surface area contributed by atoms with Crippen molar-refractivity contribution < 1.29 is 4.39 Å². The molecule has 1 aromatic rings. The third kappa shape index (κ3) is 4.77. The first kappa shape index (κ1) is 16.5. The molecule has 0 saturated heterocycles. The maximum absolute atomic E-state index is 13.9. The Morgan fingerprint density at radius 2 is 1.89 bits per heavy atom.